The van der Waals surface area contributed by atoms with Gasteiger partial charge in [0.1, 0.15) is 12.3 Å². The Balaban J connectivity index is 1.58. The first kappa shape index (κ1) is 18.0. The van der Waals surface area contributed by atoms with Crippen LogP contribution in [0.3, 0.4) is 0 Å². The predicted molar refractivity (Wildman–Crippen MR) is 96.7 cm³/mol. The number of hydrogen-bond acceptors (Lipinski definition) is 4. The number of imidazole rings is 1. The molecule has 0 radical (unpaired) electrons. The minimum absolute atomic E-state index is 0.0362. The van der Waals surface area contributed by atoms with Crippen LogP contribution in [0.15, 0.2) is 30.6 Å². The van der Waals surface area contributed by atoms with E-state index in [1.54, 1.807) is 23.2 Å². The van der Waals surface area contributed by atoms with Crippen LogP contribution in [0.5, 0.6) is 5.75 Å². The van der Waals surface area contributed by atoms with Crippen LogP contribution >= 0.6 is 0 Å². The van der Waals surface area contributed by atoms with Crippen LogP contribution < -0.4 is 4.74 Å². The van der Waals surface area contributed by atoms with Crippen LogP contribution in [0.4, 0.5) is 0 Å². The van der Waals surface area contributed by atoms with Crippen molar-refractivity contribution < 1.29 is 14.3 Å². The monoisotopic (exact) mass is 356 g/mol. The zero-order valence-electron chi connectivity index (χ0n) is 15.4. The maximum atomic E-state index is 12.5. The van der Waals surface area contributed by atoms with Crippen LogP contribution in [0, 0.1) is 13.8 Å². The second-order valence-electron chi connectivity index (χ2n) is 6.53. The number of carbonyl (C=O) groups excluding carboxylic acids is 2. The Labute approximate surface area is 153 Å². The van der Waals surface area contributed by atoms with Gasteiger partial charge in [0.15, 0.2) is 0 Å². The molecule has 0 aliphatic carbocycles. The van der Waals surface area contributed by atoms with Crippen LogP contribution in [0.1, 0.15) is 17.0 Å². The third kappa shape index (κ3) is 3.87. The van der Waals surface area contributed by atoms with Crippen molar-refractivity contribution in [3.05, 3.63) is 47.5 Å². The standard InChI is InChI=1S/C19H24N4O3/c1-14-15(2)23(13-20-14)12-19(25)22-8-7-21(18(24)11-22)10-16-5-4-6-17(9-16)26-3/h4-6,9,13H,7-8,10-12H2,1-3H3. The SMILES string of the molecule is COc1cccc(CN2CCN(C(=O)Cn3cnc(C)c3C)CC2=O)c1. The number of nitrogens with zero attached hydrogens (tertiary/aromatic N) is 4. The summed E-state index contributed by atoms with van der Waals surface area (Å²) in [6, 6.07) is 7.68. The molecule has 0 bridgehead atoms. The summed E-state index contributed by atoms with van der Waals surface area (Å²) in [5.41, 5.74) is 2.90. The third-order valence-corrected chi connectivity index (χ3v) is 4.83. The first-order chi connectivity index (χ1) is 12.5. The summed E-state index contributed by atoms with van der Waals surface area (Å²) in [7, 11) is 1.62. The van der Waals surface area contributed by atoms with Gasteiger partial charge < -0.3 is 19.1 Å². The maximum absolute atomic E-state index is 12.5. The summed E-state index contributed by atoms with van der Waals surface area (Å²) in [6.45, 7) is 5.79. The van der Waals surface area contributed by atoms with Crippen LogP contribution in [0.25, 0.3) is 0 Å². The Morgan fingerprint density at radius 1 is 1.27 bits per heavy atom. The quantitative estimate of drug-likeness (QED) is 0.812. The van der Waals surface area contributed by atoms with Crippen molar-refractivity contribution in [2.45, 2.75) is 26.9 Å². The fraction of sp³-hybridized carbons (Fsp3) is 0.421. The van der Waals surface area contributed by atoms with Crippen molar-refractivity contribution in [1.82, 2.24) is 19.4 Å². The van der Waals surface area contributed by atoms with E-state index in [0.717, 1.165) is 22.7 Å². The summed E-state index contributed by atoms with van der Waals surface area (Å²) in [6.07, 6.45) is 1.67. The van der Waals surface area contributed by atoms with Gasteiger partial charge in [0.25, 0.3) is 0 Å². The lowest BCUT2D eigenvalue weighted by Gasteiger charge is -2.34. The number of carbonyl (C=O) groups is 2. The first-order valence-corrected chi connectivity index (χ1v) is 8.64. The first-order valence-electron chi connectivity index (χ1n) is 8.64. The van der Waals surface area contributed by atoms with Gasteiger partial charge in [-0.3, -0.25) is 9.59 Å². The van der Waals surface area contributed by atoms with E-state index in [1.807, 2.05) is 42.7 Å². The Morgan fingerprint density at radius 3 is 2.73 bits per heavy atom. The van der Waals surface area contributed by atoms with Gasteiger partial charge in [-0.05, 0) is 31.5 Å². The maximum Gasteiger partial charge on any atom is 0.243 e. The molecule has 1 saturated heterocycles. The fourth-order valence-electron chi connectivity index (χ4n) is 3.03. The van der Waals surface area contributed by atoms with E-state index in [-0.39, 0.29) is 24.9 Å². The summed E-state index contributed by atoms with van der Waals surface area (Å²) >= 11 is 0. The fourth-order valence-corrected chi connectivity index (χ4v) is 3.03. The number of amides is 2. The molecule has 0 atom stereocenters. The molecule has 7 nitrogen and oxygen atoms in total. The lowest BCUT2D eigenvalue weighted by atomic mass is 10.2. The molecule has 2 amide bonds. The Kier molecular flexibility index (Phi) is 5.25. The zero-order valence-corrected chi connectivity index (χ0v) is 15.4. The minimum Gasteiger partial charge on any atom is -0.497 e. The number of aryl methyl sites for hydroxylation is 1. The highest BCUT2D eigenvalue weighted by Gasteiger charge is 2.27. The number of aromatic nitrogens is 2. The lowest BCUT2D eigenvalue weighted by molar-refractivity contribution is -0.146. The number of rotatable bonds is 5. The van der Waals surface area contributed by atoms with Crippen molar-refractivity contribution in [1.29, 1.82) is 0 Å². The molecule has 1 aromatic heterocycles. The number of hydrogen-bond donors (Lipinski definition) is 0. The molecule has 3 rings (SSSR count). The molecule has 1 aromatic carbocycles. The zero-order chi connectivity index (χ0) is 18.7. The molecule has 1 aliphatic heterocycles. The number of methoxy groups -OCH3 is 1. The van der Waals surface area contributed by atoms with E-state index in [9.17, 15) is 9.59 Å². The van der Waals surface area contributed by atoms with E-state index >= 15 is 0 Å². The van der Waals surface area contributed by atoms with Gasteiger partial charge in [0, 0.05) is 25.3 Å². The highest BCUT2D eigenvalue weighted by molar-refractivity contribution is 5.86. The molecule has 1 fully saturated rings. The van der Waals surface area contributed by atoms with Gasteiger partial charge in [-0.15, -0.1) is 0 Å². The second kappa shape index (κ2) is 7.59. The highest BCUT2D eigenvalue weighted by atomic mass is 16.5. The van der Waals surface area contributed by atoms with Crippen LogP contribution in [0.2, 0.25) is 0 Å². The van der Waals surface area contributed by atoms with Crippen LogP contribution in [-0.2, 0) is 22.7 Å². The van der Waals surface area contributed by atoms with Crippen molar-refractivity contribution in [2.75, 3.05) is 26.7 Å². The number of piperazine rings is 1. The molecule has 2 aromatic rings. The number of ether oxygens (including phenoxy) is 1. The van der Waals surface area contributed by atoms with Crippen molar-refractivity contribution in [3.63, 3.8) is 0 Å². The Morgan fingerprint density at radius 2 is 2.08 bits per heavy atom. The molecule has 0 N–H and O–H groups in total. The van der Waals surface area contributed by atoms with Gasteiger partial charge in [0.05, 0.1) is 25.7 Å². The van der Waals surface area contributed by atoms with Gasteiger partial charge in [0.2, 0.25) is 11.8 Å². The lowest BCUT2D eigenvalue weighted by Crippen LogP contribution is -2.52. The van der Waals surface area contributed by atoms with E-state index in [1.165, 1.54) is 0 Å². The van der Waals surface area contributed by atoms with E-state index in [0.29, 0.717) is 19.6 Å². The molecule has 7 heteroatoms. The average molecular weight is 356 g/mol. The summed E-state index contributed by atoms with van der Waals surface area (Å²) in [5, 5.41) is 0. The molecule has 0 saturated carbocycles. The van der Waals surface area contributed by atoms with Gasteiger partial charge in [-0.1, -0.05) is 12.1 Å². The molecular formula is C19H24N4O3. The normalized spacial score (nSPS) is 14.7. The van der Waals surface area contributed by atoms with E-state index in [4.69, 9.17) is 4.74 Å². The molecule has 0 spiro atoms. The second-order valence-corrected chi connectivity index (χ2v) is 6.53. The summed E-state index contributed by atoms with van der Waals surface area (Å²) < 4.78 is 7.05. The van der Waals surface area contributed by atoms with Gasteiger partial charge in [-0.2, -0.15) is 0 Å². The van der Waals surface area contributed by atoms with E-state index in [2.05, 4.69) is 4.98 Å². The number of benzene rings is 1. The average Bonchev–Trinajstić information content (AvgIpc) is 2.95. The van der Waals surface area contributed by atoms with Crippen molar-refractivity contribution in [2.24, 2.45) is 0 Å². The van der Waals surface area contributed by atoms with E-state index < -0.39 is 0 Å². The molecule has 1 aliphatic rings. The molecule has 2 heterocycles. The topological polar surface area (TPSA) is 67.7 Å². The summed E-state index contributed by atoms with van der Waals surface area (Å²) in [5.74, 6) is 0.681. The Bertz CT molecular complexity index is 815. The Hall–Kier alpha value is -2.83. The van der Waals surface area contributed by atoms with Gasteiger partial charge >= 0.3 is 0 Å². The predicted octanol–water partition coefficient (Wildman–Crippen LogP) is 1.38. The minimum atomic E-state index is -0.0557. The molecule has 0 unspecified atom stereocenters. The third-order valence-electron chi connectivity index (χ3n) is 4.83. The van der Waals surface area contributed by atoms with Gasteiger partial charge in [-0.25, -0.2) is 4.98 Å². The van der Waals surface area contributed by atoms with Crippen molar-refractivity contribution in [3.8, 4) is 5.75 Å². The highest BCUT2D eigenvalue weighted by Crippen LogP contribution is 2.16. The molecule has 26 heavy (non-hydrogen) atoms. The smallest absolute Gasteiger partial charge is 0.243 e. The largest absolute Gasteiger partial charge is 0.497 e. The molecular weight excluding hydrogens is 332 g/mol. The molecule has 138 valence electrons. The van der Waals surface area contributed by atoms with Crippen LogP contribution in [-0.4, -0.2) is 57.9 Å². The van der Waals surface area contributed by atoms with Crippen molar-refractivity contribution >= 4 is 11.8 Å². The summed E-state index contributed by atoms with van der Waals surface area (Å²) in [4.78, 5) is 32.6.